The summed E-state index contributed by atoms with van der Waals surface area (Å²) in [5, 5.41) is 0. The molecule has 3 aliphatic rings. The van der Waals surface area contributed by atoms with Crippen LogP contribution in [0.25, 0.3) is 56.2 Å². The summed E-state index contributed by atoms with van der Waals surface area (Å²) in [6.07, 6.45) is 0. The maximum absolute atomic E-state index is 5.54. The van der Waals surface area contributed by atoms with Gasteiger partial charge in [-0.1, -0.05) is 181 Å². The Morgan fingerprint density at radius 1 is 0.362 bits per heavy atom. The van der Waals surface area contributed by atoms with Crippen LogP contribution < -0.4 is 4.90 Å². The summed E-state index contributed by atoms with van der Waals surface area (Å²) in [7, 11) is 0. The van der Waals surface area contributed by atoms with Gasteiger partial charge in [-0.2, -0.15) is 9.97 Å². The first kappa shape index (κ1) is 34.6. The Bertz CT molecular complexity index is 2990. The quantitative estimate of drug-likeness (QED) is 0.176. The molecule has 11 rings (SSSR count). The van der Waals surface area contributed by atoms with Gasteiger partial charge < -0.3 is 0 Å². The van der Waals surface area contributed by atoms with Gasteiger partial charge in [0.15, 0.2) is 11.6 Å². The van der Waals surface area contributed by atoms with E-state index in [0.717, 1.165) is 22.5 Å². The summed E-state index contributed by atoms with van der Waals surface area (Å²) in [6, 6.07) is 57.1. The molecule has 0 atom stereocenters. The molecule has 3 aliphatic carbocycles. The first-order valence-corrected chi connectivity index (χ1v) is 20.4. The molecule has 0 amide bonds. The van der Waals surface area contributed by atoms with Crippen LogP contribution in [0.1, 0.15) is 74.9 Å². The minimum Gasteiger partial charge on any atom is -0.278 e. The van der Waals surface area contributed by atoms with Crippen LogP contribution in [0, 0.1) is 0 Å². The van der Waals surface area contributed by atoms with E-state index < -0.39 is 0 Å². The van der Waals surface area contributed by atoms with E-state index in [2.05, 4.69) is 198 Å². The minimum atomic E-state index is -0.284. The van der Waals surface area contributed by atoms with E-state index in [1.54, 1.807) is 0 Å². The number of aromatic nitrogens is 3. The molecule has 0 radical (unpaired) electrons. The lowest BCUT2D eigenvalue weighted by Gasteiger charge is -2.32. The smallest absolute Gasteiger partial charge is 0.238 e. The highest BCUT2D eigenvalue weighted by Gasteiger charge is 2.42. The van der Waals surface area contributed by atoms with Gasteiger partial charge in [-0.05, 0) is 79.4 Å². The van der Waals surface area contributed by atoms with Crippen molar-refractivity contribution in [2.24, 2.45) is 0 Å². The molecule has 4 nitrogen and oxygen atoms in total. The molecule has 0 spiro atoms. The molecule has 1 aromatic heterocycles. The molecule has 0 aliphatic heterocycles. The lowest BCUT2D eigenvalue weighted by Crippen LogP contribution is -2.23. The predicted octanol–water partition coefficient (Wildman–Crippen LogP) is 13.6. The van der Waals surface area contributed by atoms with Crippen molar-refractivity contribution in [1.29, 1.82) is 0 Å². The Balaban J connectivity index is 1.22. The van der Waals surface area contributed by atoms with Crippen molar-refractivity contribution >= 4 is 17.3 Å². The number of nitrogens with zero attached hydrogens (tertiary/aromatic N) is 4. The SMILES string of the molecule is CC1(C)c2ccccc2-c2cc(-c3nc(-c4ccccc4)nc(N(c4cccc5c4-c4ccccc4C5(C)C)c4cccc5c4C(C)(C)c4ccccc4-5)n3)ccc21. The monoisotopic (exact) mass is 748 g/mol. The molecule has 0 saturated carbocycles. The van der Waals surface area contributed by atoms with Crippen LogP contribution in [0.5, 0.6) is 0 Å². The highest BCUT2D eigenvalue weighted by atomic mass is 15.3. The summed E-state index contributed by atoms with van der Waals surface area (Å²) in [4.78, 5) is 18.6. The average Bonchev–Trinajstić information content (AvgIpc) is 3.74. The molecule has 0 saturated heterocycles. The third-order valence-electron chi connectivity index (χ3n) is 13.3. The van der Waals surface area contributed by atoms with E-state index in [1.807, 2.05) is 6.07 Å². The molecule has 0 fully saturated rings. The lowest BCUT2D eigenvalue weighted by molar-refractivity contribution is 0.659. The van der Waals surface area contributed by atoms with E-state index in [9.17, 15) is 0 Å². The van der Waals surface area contributed by atoms with E-state index in [1.165, 1.54) is 66.8 Å². The zero-order valence-electron chi connectivity index (χ0n) is 33.8. The number of hydrogen-bond acceptors (Lipinski definition) is 4. The van der Waals surface area contributed by atoms with Gasteiger partial charge in [0.05, 0.1) is 11.4 Å². The number of hydrogen-bond donors (Lipinski definition) is 0. The van der Waals surface area contributed by atoms with Crippen molar-refractivity contribution in [2.45, 2.75) is 57.8 Å². The van der Waals surface area contributed by atoms with Crippen LogP contribution in [0.4, 0.5) is 17.3 Å². The van der Waals surface area contributed by atoms with E-state index in [0.29, 0.717) is 17.6 Å². The van der Waals surface area contributed by atoms with E-state index in [-0.39, 0.29) is 16.2 Å². The third-order valence-corrected chi connectivity index (χ3v) is 13.3. The largest absolute Gasteiger partial charge is 0.278 e. The minimum absolute atomic E-state index is 0.101. The van der Waals surface area contributed by atoms with Crippen molar-refractivity contribution in [1.82, 2.24) is 15.0 Å². The van der Waals surface area contributed by atoms with Gasteiger partial charge in [-0.3, -0.25) is 4.90 Å². The highest BCUT2D eigenvalue weighted by Crippen LogP contribution is 2.58. The van der Waals surface area contributed by atoms with Crippen molar-refractivity contribution < 1.29 is 0 Å². The Morgan fingerprint density at radius 2 is 0.862 bits per heavy atom. The van der Waals surface area contributed by atoms with Gasteiger partial charge in [0.1, 0.15) is 0 Å². The van der Waals surface area contributed by atoms with Gasteiger partial charge in [-0.25, -0.2) is 4.98 Å². The van der Waals surface area contributed by atoms with E-state index >= 15 is 0 Å². The van der Waals surface area contributed by atoms with Crippen molar-refractivity contribution in [2.75, 3.05) is 4.90 Å². The second-order valence-electron chi connectivity index (χ2n) is 17.7. The summed E-state index contributed by atoms with van der Waals surface area (Å²) in [6.45, 7) is 14.0. The van der Waals surface area contributed by atoms with Crippen LogP contribution in [0.2, 0.25) is 0 Å². The molecule has 280 valence electrons. The topological polar surface area (TPSA) is 41.9 Å². The van der Waals surface area contributed by atoms with Crippen LogP contribution >= 0.6 is 0 Å². The first-order valence-electron chi connectivity index (χ1n) is 20.4. The third kappa shape index (κ3) is 4.78. The molecule has 0 N–H and O–H groups in total. The van der Waals surface area contributed by atoms with Gasteiger partial charge in [0.25, 0.3) is 0 Å². The Hall–Kier alpha value is -6.65. The molecule has 1 heterocycles. The van der Waals surface area contributed by atoms with Crippen molar-refractivity contribution in [3.8, 4) is 56.2 Å². The maximum atomic E-state index is 5.54. The van der Waals surface area contributed by atoms with Gasteiger partial charge in [-0.15, -0.1) is 0 Å². The van der Waals surface area contributed by atoms with Gasteiger partial charge >= 0.3 is 0 Å². The van der Waals surface area contributed by atoms with Crippen LogP contribution in [-0.2, 0) is 16.2 Å². The first-order chi connectivity index (χ1) is 28.0. The summed E-state index contributed by atoms with van der Waals surface area (Å²) >= 11 is 0. The molecule has 7 aromatic carbocycles. The molecule has 0 bridgehead atoms. The maximum Gasteiger partial charge on any atom is 0.238 e. The van der Waals surface area contributed by atoms with Crippen molar-refractivity contribution in [3.05, 3.63) is 191 Å². The fourth-order valence-electron chi connectivity index (χ4n) is 10.4. The number of rotatable bonds is 5. The molecular formula is C54H44N4. The zero-order valence-corrected chi connectivity index (χ0v) is 33.8. The second-order valence-corrected chi connectivity index (χ2v) is 17.7. The van der Waals surface area contributed by atoms with Crippen molar-refractivity contribution in [3.63, 3.8) is 0 Å². The van der Waals surface area contributed by atoms with Crippen LogP contribution in [0.3, 0.4) is 0 Å². The van der Waals surface area contributed by atoms with Crippen LogP contribution in [0.15, 0.2) is 158 Å². The highest BCUT2D eigenvalue weighted by molar-refractivity contribution is 5.97. The van der Waals surface area contributed by atoms with E-state index in [4.69, 9.17) is 15.0 Å². The number of fused-ring (bicyclic) bond motifs is 9. The fraction of sp³-hybridized carbons (Fsp3) is 0.167. The second kappa shape index (κ2) is 12.2. The van der Waals surface area contributed by atoms with Crippen LogP contribution in [-0.4, -0.2) is 15.0 Å². The molecule has 8 aromatic rings. The number of benzene rings is 7. The average molecular weight is 749 g/mol. The molecule has 4 heteroatoms. The molecular weight excluding hydrogens is 705 g/mol. The Labute approximate surface area is 341 Å². The standard InChI is InChI=1S/C54H44N4/c1-52(2)40-24-13-11-21-36(40)39-32-34(30-31-43(39)52)50-55-49(33-18-8-7-9-19-33)56-51(57-50)58(45-28-17-27-44-47(45)38-22-12-15-26-42(38)53(44,3)4)46-29-16-23-37-35-20-10-14-25-41(35)54(5,6)48(37)46/h7-32H,1-6H3. The van der Waals surface area contributed by atoms with Gasteiger partial charge in [0, 0.05) is 32.9 Å². The Kier molecular flexibility index (Phi) is 7.26. The summed E-state index contributed by atoms with van der Waals surface area (Å²) in [5.41, 5.74) is 18.8. The summed E-state index contributed by atoms with van der Waals surface area (Å²) < 4.78 is 0. The zero-order chi connectivity index (χ0) is 39.6. The molecule has 58 heavy (non-hydrogen) atoms. The predicted molar refractivity (Wildman–Crippen MR) is 238 cm³/mol. The fourth-order valence-corrected chi connectivity index (χ4v) is 10.4. The summed E-state index contributed by atoms with van der Waals surface area (Å²) in [5.74, 6) is 1.86. The normalized spacial score (nSPS) is 15.5. The van der Waals surface area contributed by atoms with Gasteiger partial charge in [0.2, 0.25) is 5.95 Å². The Morgan fingerprint density at radius 3 is 1.59 bits per heavy atom. The molecule has 0 unspecified atom stereocenters. The lowest BCUT2D eigenvalue weighted by atomic mass is 9.81. The number of anilines is 3.